The van der Waals surface area contributed by atoms with E-state index in [0.717, 1.165) is 5.56 Å². The van der Waals surface area contributed by atoms with Gasteiger partial charge in [0, 0.05) is 32.1 Å². The average Bonchev–Trinajstić information content (AvgIpc) is 3.48. The summed E-state index contributed by atoms with van der Waals surface area (Å²) in [4.78, 5) is 27.2. The van der Waals surface area contributed by atoms with Crippen LogP contribution in [0.25, 0.3) is 0 Å². The summed E-state index contributed by atoms with van der Waals surface area (Å²) in [7, 11) is 1.54. The van der Waals surface area contributed by atoms with Crippen molar-refractivity contribution in [2.75, 3.05) is 33.6 Å². The summed E-state index contributed by atoms with van der Waals surface area (Å²) in [6.45, 7) is 2.34. The van der Waals surface area contributed by atoms with E-state index in [1.165, 1.54) is 23.1 Å². The molecule has 33 heavy (non-hydrogen) atoms. The number of rotatable bonds is 8. The molecule has 0 spiro atoms. The van der Waals surface area contributed by atoms with Gasteiger partial charge in [-0.1, -0.05) is 31.2 Å². The smallest absolute Gasteiger partial charge is 0.262 e. The molecule has 0 N–H and O–H groups in total. The molecule has 2 heterocycles. The second-order valence-corrected chi connectivity index (χ2v) is 7.76. The zero-order chi connectivity index (χ0) is 23.4. The maximum Gasteiger partial charge on any atom is 0.262 e. The Morgan fingerprint density at radius 3 is 2.76 bits per heavy atom. The Morgan fingerprint density at radius 1 is 1.21 bits per heavy atom. The van der Waals surface area contributed by atoms with E-state index < -0.39 is 11.9 Å². The van der Waals surface area contributed by atoms with E-state index in [1.807, 2.05) is 12.1 Å². The summed E-state index contributed by atoms with van der Waals surface area (Å²) in [6, 6.07) is 11.3. The Balaban J connectivity index is 1.64. The third-order valence-corrected chi connectivity index (χ3v) is 5.68. The second-order valence-electron chi connectivity index (χ2n) is 7.76. The Morgan fingerprint density at radius 2 is 2.00 bits per heavy atom. The van der Waals surface area contributed by atoms with Crippen molar-refractivity contribution in [3.8, 4) is 11.5 Å². The lowest BCUT2D eigenvalue weighted by molar-refractivity contribution is -0.141. The molecule has 0 unspecified atom stereocenters. The van der Waals surface area contributed by atoms with E-state index >= 15 is 0 Å². The monoisotopic (exact) mass is 455 g/mol. The highest BCUT2D eigenvalue weighted by molar-refractivity contribution is 6.03. The minimum Gasteiger partial charge on any atom is -0.454 e. The lowest BCUT2D eigenvalue weighted by atomic mass is 9.97. The molecule has 2 aromatic rings. The van der Waals surface area contributed by atoms with Gasteiger partial charge in [-0.2, -0.15) is 5.10 Å². The zero-order valence-corrected chi connectivity index (χ0v) is 18.6. The summed E-state index contributed by atoms with van der Waals surface area (Å²) < 4.78 is 30.5. The fourth-order valence-corrected chi connectivity index (χ4v) is 3.93. The van der Waals surface area contributed by atoms with Gasteiger partial charge in [-0.25, -0.2) is 9.40 Å². The van der Waals surface area contributed by atoms with E-state index in [-0.39, 0.29) is 31.6 Å². The first-order valence-electron chi connectivity index (χ1n) is 10.8. The van der Waals surface area contributed by atoms with Crippen LogP contribution in [0.2, 0.25) is 0 Å². The SMILES string of the molecule is CCC(=O)N(CCOC)CC(=O)N1N=C(c2ccccc2F)C[C@H]1c1ccc2c(c1)OCO2. The number of fused-ring (bicyclic) bond motifs is 1. The van der Waals surface area contributed by atoms with Gasteiger partial charge in [0.2, 0.25) is 12.7 Å². The molecule has 0 aromatic heterocycles. The number of amides is 2. The predicted octanol–water partition coefficient (Wildman–Crippen LogP) is 3.12. The van der Waals surface area contributed by atoms with Crippen LogP contribution in [0.3, 0.4) is 0 Å². The van der Waals surface area contributed by atoms with Gasteiger partial charge >= 0.3 is 0 Å². The molecule has 0 saturated carbocycles. The number of methoxy groups -OCH3 is 1. The lowest BCUT2D eigenvalue weighted by Crippen LogP contribution is -2.42. The van der Waals surface area contributed by atoms with Crippen LogP contribution >= 0.6 is 0 Å². The molecule has 2 amide bonds. The van der Waals surface area contributed by atoms with Crippen molar-refractivity contribution in [1.29, 1.82) is 0 Å². The molecule has 174 valence electrons. The molecule has 2 aliphatic heterocycles. The number of hydrogen-bond donors (Lipinski definition) is 0. The van der Waals surface area contributed by atoms with Crippen LogP contribution in [-0.4, -0.2) is 61.0 Å². The molecule has 2 aliphatic rings. The highest BCUT2D eigenvalue weighted by Crippen LogP contribution is 2.39. The van der Waals surface area contributed by atoms with E-state index in [2.05, 4.69) is 5.10 Å². The number of nitrogens with zero attached hydrogens (tertiary/aromatic N) is 3. The van der Waals surface area contributed by atoms with E-state index in [1.54, 1.807) is 31.2 Å². The number of hydrogen-bond acceptors (Lipinski definition) is 6. The second kappa shape index (κ2) is 9.99. The molecule has 1 atom stereocenters. The average molecular weight is 455 g/mol. The van der Waals surface area contributed by atoms with Crippen LogP contribution in [0.4, 0.5) is 4.39 Å². The van der Waals surface area contributed by atoms with Gasteiger partial charge in [0.05, 0.1) is 18.4 Å². The first-order valence-corrected chi connectivity index (χ1v) is 10.8. The first-order chi connectivity index (χ1) is 16.0. The van der Waals surface area contributed by atoms with Crippen molar-refractivity contribution >= 4 is 17.5 Å². The third kappa shape index (κ3) is 4.83. The highest BCUT2D eigenvalue weighted by atomic mass is 19.1. The van der Waals surface area contributed by atoms with E-state index in [0.29, 0.717) is 42.3 Å². The molecular formula is C24H26FN3O5. The predicted molar refractivity (Wildman–Crippen MR) is 118 cm³/mol. The molecule has 8 nitrogen and oxygen atoms in total. The van der Waals surface area contributed by atoms with Crippen LogP contribution in [0, 0.1) is 5.82 Å². The van der Waals surface area contributed by atoms with Crippen LogP contribution in [-0.2, 0) is 14.3 Å². The Bertz CT molecular complexity index is 1070. The molecule has 9 heteroatoms. The molecule has 4 rings (SSSR count). The summed E-state index contributed by atoms with van der Waals surface area (Å²) in [5.41, 5.74) is 1.60. The Labute approximate surface area is 191 Å². The molecular weight excluding hydrogens is 429 g/mol. The van der Waals surface area contributed by atoms with Gasteiger partial charge in [-0.3, -0.25) is 9.59 Å². The third-order valence-electron chi connectivity index (χ3n) is 5.68. The quantitative estimate of drug-likeness (QED) is 0.611. The fourth-order valence-electron chi connectivity index (χ4n) is 3.93. The Hall–Kier alpha value is -3.46. The van der Waals surface area contributed by atoms with Gasteiger partial charge in [0.1, 0.15) is 12.4 Å². The van der Waals surface area contributed by atoms with Crippen molar-refractivity contribution in [3.63, 3.8) is 0 Å². The van der Waals surface area contributed by atoms with Crippen molar-refractivity contribution in [2.24, 2.45) is 5.10 Å². The molecule has 0 saturated heterocycles. The van der Waals surface area contributed by atoms with Crippen LogP contribution < -0.4 is 9.47 Å². The van der Waals surface area contributed by atoms with Crippen LogP contribution in [0.5, 0.6) is 11.5 Å². The maximum absolute atomic E-state index is 14.5. The largest absolute Gasteiger partial charge is 0.454 e. The van der Waals surface area contributed by atoms with Crippen molar-refractivity contribution in [2.45, 2.75) is 25.8 Å². The molecule has 0 radical (unpaired) electrons. The number of carbonyl (C=O) groups excluding carboxylic acids is 2. The van der Waals surface area contributed by atoms with E-state index in [4.69, 9.17) is 14.2 Å². The molecule has 2 aromatic carbocycles. The number of halogens is 1. The topological polar surface area (TPSA) is 80.7 Å². The highest BCUT2D eigenvalue weighted by Gasteiger charge is 2.35. The summed E-state index contributed by atoms with van der Waals surface area (Å²) in [5.74, 6) is 0.295. The summed E-state index contributed by atoms with van der Waals surface area (Å²) in [6.07, 6.45) is 0.596. The van der Waals surface area contributed by atoms with Crippen molar-refractivity contribution in [1.82, 2.24) is 9.91 Å². The van der Waals surface area contributed by atoms with Gasteiger partial charge in [-0.05, 0) is 23.8 Å². The standard InChI is InChI=1S/C24H26FN3O5/c1-3-23(29)27(10-11-31-2)14-24(30)28-20(16-8-9-21-22(12-16)33-15-32-21)13-19(26-28)17-6-4-5-7-18(17)25/h4-9,12,20H,3,10-11,13-15H2,1-2H3/t20-/m0/s1. The van der Waals surface area contributed by atoms with Gasteiger partial charge in [0.15, 0.2) is 11.5 Å². The Kier molecular flexibility index (Phi) is 6.88. The minimum atomic E-state index is -0.470. The summed E-state index contributed by atoms with van der Waals surface area (Å²) >= 11 is 0. The molecule has 0 fully saturated rings. The number of carbonyl (C=O) groups is 2. The van der Waals surface area contributed by atoms with Gasteiger partial charge in [-0.15, -0.1) is 0 Å². The van der Waals surface area contributed by atoms with Crippen molar-refractivity contribution in [3.05, 3.63) is 59.4 Å². The van der Waals surface area contributed by atoms with Crippen LogP contribution in [0.1, 0.15) is 36.9 Å². The van der Waals surface area contributed by atoms with E-state index in [9.17, 15) is 14.0 Å². The fraction of sp³-hybridized carbons (Fsp3) is 0.375. The first kappa shape index (κ1) is 22.7. The maximum atomic E-state index is 14.5. The number of ether oxygens (including phenoxy) is 3. The van der Waals surface area contributed by atoms with Gasteiger partial charge < -0.3 is 19.1 Å². The summed E-state index contributed by atoms with van der Waals surface area (Å²) in [5, 5.41) is 5.86. The lowest BCUT2D eigenvalue weighted by Gasteiger charge is -2.26. The molecule has 0 aliphatic carbocycles. The number of benzene rings is 2. The zero-order valence-electron chi connectivity index (χ0n) is 18.6. The minimum absolute atomic E-state index is 0.136. The van der Waals surface area contributed by atoms with Crippen LogP contribution in [0.15, 0.2) is 47.6 Å². The normalized spacial score (nSPS) is 16.6. The van der Waals surface area contributed by atoms with Gasteiger partial charge in [0.25, 0.3) is 5.91 Å². The molecule has 0 bridgehead atoms. The van der Waals surface area contributed by atoms with Crippen molar-refractivity contribution < 1.29 is 28.2 Å². The number of hydrazone groups is 1.